The number of likely N-dealkylation sites (N-methyl/N-ethyl adjacent to an activating group) is 1. The number of nitrogens with zero attached hydrogens (tertiary/aromatic N) is 3. The van der Waals surface area contributed by atoms with Crippen molar-refractivity contribution in [2.24, 2.45) is 5.84 Å². The lowest BCUT2D eigenvalue weighted by Gasteiger charge is -2.11. The third-order valence-corrected chi connectivity index (χ3v) is 2.32. The lowest BCUT2D eigenvalue weighted by atomic mass is 10.5. The van der Waals surface area contributed by atoms with E-state index >= 15 is 0 Å². The molecule has 74 valence electrons. The molecule has 0 aliphatic carbocycles. The van der Waals surface area contributed by atoms with Gasteiger partial charge in [0.25, 0.3) is 0 Å². The molecule has 0 atom stereocenters. The predicted molar refractivity (Wildman–Crippen MR) is 51.1 cm³/mol. The van der Waals surface area contributed by atoms with Crippen molar-refractivity contribution in [1.82, 2.24) is 15.1 Å². The summed E-state index contributed by atoms with van der Waals surface area (Å²) < 4.78 is 0. The van der Waals surface area contributed by atoms with E-state index in [1.165, 1.54) is 11.3 Å². The van der Waals surface area contributed by atoms with Gasteiger partial charge in [0.1, 0.15) is 5.01 Å². The van der Waals surface area contributed by atoms with Gasteiger partial charge in [-0.05, 0) is 7.05 Å². The van der Waals surface area contributed by atoms with Gasteiger partial charge in [0.15, 0.2) is 0 Å². The van der Waals surface area contributed by atoms with Crippen molar-refractivity contribution < 1.29 is 5.11 Å². The lowest BCUT2D eigenvalue weighted by molar-refractivity contribution is 0.217. The van der Waals surface area contributed by atoms with Crippen LogP contribution in [0.2, 0.25) is 0 Å². The van der Waals surface area contributed by atoms with Gasteiger partial charge in [-0.2, -0.15) is 0 Å². The molecule has 1 heterocycles. The van der Waals surface area contributed by atoms with E-state index in [-0.39, 0.29) is 6.61 Å². The summed E-state index contributed by atoms with van der Waals surface area (Å²) in [6.07, 6.45) is 0. The third kappa shape index (κ3) is 3.23. The normalized spacial score (nSPS) is 10.8. The average molecular weight is 203 g/mol. The Hall–Kier alpha value is -0.760. The second-order valence-electron chi connectivity index (χ2n) is 2.61. The highest BCUT2D eigenvalue weighted by Gasteiger charge is 2.05. The van der Waals surface area contributed by atoms with E-state index in [1.807, 2.05) is 11.9 Å². The van der Waals surface area contributed by atoms with Gasteiger partial charge in [-0.1, -0.05) is 11.3 Å². The number of hydrogen-bond donors (Lipinski definition) is 3. The van der Waals surface area contributed by atoms with Crippen LogP contribution in [0.5, 0.6) is 0 Å². The van der Waals surface area contributed by atoms with Crippen LogP contribution in [-0.2, 0) is 6.54 Å². The Morgan fingerprint density at radius 1 is 1.62 bits per heavy atom. The number of aliphatic hydroxyl groups excluding tert-OH is 1. The first kappa shape index (κ1) is 10.3. The van der Waals surface area contributed by atoms with E-state index in [1.54, 1.807) is 0 Å². The first-order valence-corrected chi connectivity index (χ1v) is 4.66. The maximum absolute atomic E-state index is 8.66. The summed E-state index contributed by atoms with van der Waals surface area (Å²) in [7, 11) is 1.91. The molecule has 0 amide bonds. The van der Waals surface area contributed by atoms with Crippen LogP contribution in [0.3, 0.4) is 0 Å². The molecule has 0 spiro atoms. The SMILES string of the molecule is CN(CCO)Cc1nnc(NN)s1. The minimum absolute atomic E-state index is 0.150. The van der Waals surface area contributed by atoms with Gasteiger partial charge in [0, 0.05) is 6.54 Å². The monoisotopic (exact) mass is 203 g/mol. The van der Waals surface area contributed by atoms with E-state index in [9.17, 15) is 0 Å². The number of aromatic nitrogens is 2. The summed E-state index contributed by atoms with van der Waals surface area (Å²) >= 11 is 1.41. The van der Waals surface area contributed by atoms with Crippen LogP contribution in [0.4, 0.5) is 5.13 Å². The van der Waals surface area contributed by atoms with E-state index in [0.717, 1.165) is 5.01 Å². The van der Waals surface area contributed by atoms with Crippen LogP contribution in [0.1, 0.15) is 5.01 Å². The molecule has 0 aliphatic heterocycles. The molecule has 0 bridgehead atoms. The molecular formula is C6H13N5OS. The van der Waals surface area contributed by atoms with E-state index in [2.05, 4.69) is 15.6 Å². The van der Waals surface area contributed by atoms with Gasteiger partial charge in [-0.15, -0.1) is 10.2 Å². The molecule has 7 heteroatoms. The molecule has 6 nitrogen and oxygen atoms in total. The molecule has 0 unspecified atom stereocenters. The molecule has 1 aromatic rings. The molecule has 0 fully saturated rings. The highest BCUT2D eigenvalue weighted by Crippen LogP contribution is 2.14. The predicted octanol–water partition coefficient (Wildman–Crippen LogP) is -0.752. The van der Waals surface area contributed by atoms with E-state index < -0.39 is 0 Å². The maximum Gasteiger partial charge on any atom is 0.219 e. The molecule has 0 radical (unpaired) electrons. The van der Waals surface area contributed by atoms with Crippen molar-refractivity contribution in [3.63, 3.8) is 0 Å². The third-order valence-electron chi connectivity index (χ3n) is 1.48. The molecule has 13 heavy (non-hydrogen) atoms. The van der Waals surface area contributed by atoms with Gasteiger partial charge in [0.05, 0.1) is 13.2 Å². The Morgan fingerprint density at radius 3 is 2.92 bits per heavy atom. The highest BCUT2D eigenvalue weighted by atomic mass is 32.1. The smallest absolute Gasteiger partial charge is 0.219 e. The standard InChI is InChI=1S/C6H13N5OS/c1-11(2-3-12)4-5-9-10-6(8-7)13-5/h12H,2-4,7H2,1H3,(H,8,10). The minimum atomic E-state index is 0.150. The maximum atomic E-state index is 8.66. The lowest BCUT2D eigenvalue weighted by Crippen LogP contribution is -2.21. The summed E-state index contributed by atoms with van der Waals surface area (Å²) in [5, 5.41) is 17.8. The molecule has 0 saturated heterocycles. The number of nitrogens with one attached hydrogen (secondary N) is 1. The fraction of sp³-hybridized carbons (Fsp3) is 0.667. The Balaban J connectivity index is 2.44. The number of anilines is 1. The van der Waals surface area contributed by atoms with Crippen molar-refractivity contribution in [3.05, 3.63) is 5.01 Å². The van der Waals surface area contributed by atoms with Gasteiger partial charge >= 0.3 is 0 Å². The van der Waals surface area contributed by atoms with Gasteiger partial charge in [-0.3, -0.25) is 10.3 Å². The number of hydrazine groups is 1. The van der Waals surface area contributed by atoms with Crippen molar-refractivity contribution in [2.75, 3.05) is 25.6 Å². The van der Waals surface area contributed by atoms with Gasteiger partial charge in [0.2, 0.25) is 5.13 Å². The Kier molecular flexibility index (Phi) is 4.03. The van der Waals surface area contributed by atoms with Crippen LogP contribution in [0.15, 0.2) is 0 Å². The highest BCUT2D eigenvalue weighted by molar-refractivity contribution is 7.15. The fourth-order valence-corrected chi connectivity index (χ4v) is 1.59. The molecule has 0 aromatic carbocycles. The zero-order chi connectivity index (χ0) is 9.68. The van der Waals surface area contributed by atoms with E-state index in [4.69, 9.17) is 10.9 Å². The number of nitrogen functional groups attached to an aromatic ring is 1. The van der Waals surface area contributed by atoms with Crippen molar-refractivity contribution in [2.45, 2.75) is 6.54 Å². The summed E-state index contributed by atoms with van der Waals surface area (Å²) in [6, 6.07) is 0. The molecule has 0 aliphatic rings. The van der Waals surface area contributed by atoms with Crippen LogP contribution in [0.25, 0.3) is 0 Å². The van der Waals surface area contributed by atoms with Gasteiger partial charge in [-0.25, -0.2) is 5.84 Å². The first-order valence-electron chi connectivity index (χ1n) is 3.84. The summed E-state index contributed by atoms with van der Waals surface area (Å²) in [4.78, 5) is 1.96. The quantitative estimate of drug-likeness (QED) is 0.431. The second-order valence-corrected chi connectivity index (χ2v) is 3.67. The van der Waals surface area contributed by atoms with Crippen molar-refractivity contribution in [1.29, 1.82) is 0 Å². The number of hydrogen-bond acceptors (Lipinski definition) is 7. The van der Waals surface area contributed by atoms with Crippen LogP contribution in [-0.4, -0.2) is 40.4 Å². The first-order chi connectivity index (χ1) is 6.26. The van der Waals surface area contributed by atoms with Crippen molar-refractivity contribution in [3.8, 4) is 0 Å². The summed E-state index contributed by atoms with van der Waals surface area (Å²) in [5.74, 6) is 5.16. The minimum Gasteiger partial charge on any atom is -0.395 e. The summed E-state index contributed by atoms with van der Waals surface area (Å²) in [5.41, 5.74) is 2.43. The number of aliphatic hydroxyl groups is 1. The fourth-order valence-electron chi connectivity index (χ4n) is 0.856. The molecule has 1 aromatic heterocycles. The Bertz CT molecular complexity index is 253. The topological polar surface area (TPSA) is 87.3 Å². The molecular weight excluding hydrogens is 190 g/mol. The Morgan fingerprint density at radius 2 is 2.38 bits per heavy atom. The second kappa shape index (κ2) is 5.07. The van der Waals surface area contributed by atoms with Crippen LogP contribution >= 0.6 is 11.3 Å². The van der Waals surface area contributed by atoms with Crippen molar-refractivity contribution >= 4 is 16.5 Å². The van der Waals surface area contributed by atoms with E-state index in [0.29, 0.717) is 18.2 Å². The average Bonchev–Trinajstić information content (AvgIpc) is 2.52. The van der Waals surface area contributed by atoms with Gasteiger partial charge < -0.3 is 5.11 Å². The van der Waals surface area contributed by atoms with Crippen LogP contribution < -0.4 is 11.3 Å². The molecule has 4 N–H and O–H groups in total. The number of rotatable bonds is 5. The van der Waals surface area contributed by atoms with Crippen LogP contribution in [0, 0.1) is 0 Å². The molecule has 1 rings (SSSR count). The zero-order valence-electron chi connectivity index (χ0n) is 7.40. The molecule has 0 saturated carbocycles. The largest absolute Gasteiger partial charge is 0.395 e. The Labute approximate surface area is 80.4 Å². The number of nitrogens with two attached hydrogens (primary N) is 1. The summed E-state index contributed by atoms with van der Waals surface area (Å²) in [6.45, 7) is 1.46. The zero-order valence-corrected chi connectivity index (χ0v) is 8.21.